The maximum Gasteiger partial charge on any atom is 0.321 e. The largest absolute Gasteiger partial charge is 0.481 e. The summed E-state index contributed by atoms with van der Waals surface area (Å²) in [7, 11) is 0. The fraction of sp³-hybridized carbons (Fsp3) is 0.579. The number of carboxylic acid groups (broad SMARTS) is 8. The minimum absolute atomic E-state index is 0.0231. The predicted molar refractivity (Wildman–Crippen MR) is 125 cm³/mol. The van der Waals surface area contributed by atoms with Gasteiger partial charge in [0.1, 0.15) is 24.2 Å². The van der Waals surface area contributed by atoms with Gasteiger partial charge in [0.2, 0.25) is 0 Å². The number of nitrogens with two attached hydrogens (primary N) is 4. The summed E-state index contributed by atoms with van der Waals surface area (Å²) in [5, 5.41) is 64.8. The average molecular weight is 574 g/mol. The topological polar surface area (TPSA) is 402 Å². The molecule has 0 saturated carbocycles. The Bertz CT molecular complexity index is 753. The van der Waals surface area contributed by atoms with Crippen molar-refractivity contribution < 1.29 is 79.2 Å². The lowest BCUT2D eigenvalue weighted by atomic mass is 10.2. The lowest BCUT2D eigenvalue weighted by Crippen LogP contribution is -2.32. The Labute approximate surface area is 219 Å². The van der Waals surface area contributed by atoms with E-state index < -0.39 is 78.3 Å². The van der Waals surface area contributed by atoms with Gasteiger partial charge < -0.3 is 63.8 Å². The molecule has 0 spiro atoms. The van der Waals surface area contributed by atoms with E-state index in [1.165, 1.54) is 0 Å². The molecule has 4 unspecified atom stereocenters. The van der Waals surface area contributed by atoms with Crippen molar-refractivity contribution in [2.45, 2.75) is 69.1 Å². The quantitative estimate of drug-likeness (QED) is 0.0908. The molecule has 0 aliphatic rings. The lowest BCUT2D eigenvalue weighted by molar-refractivity contribution is -0.144. The zero-order valence-electron chi connectivity index (χ0n) is 20.4. The predicted octanol–water partition coefficient (Wildman–Crippen LogP) is -3.34. The fourth-order valence-corrected chi connectivity index (χ4v) is 1.48. The molecule has 39 heavy (non-hydrogen) atoms. The van der Waals surface area contributed by atoms with Gasteiger partial charge in [-0.15, -0.1) is 0 Å². The molecule has 0 heterocycles. The first kappa shape index (κ1) is 41.7. The van der Waals surface area contributed by atoms with Gasteiger partial charge in [-0.1, -0.05) is 0 Å². The van der Waals surface area contributed by atoms with E-state index in [1.54, 1.807) is 0 Å². The number of carbonyl (C=O) groups is 8. The maximum absolute atomic E-state index is 9.99. The highest BCUT2D eigenvalue weighted by atomic mass is 16.4. The van der Waals surface area contributed by atoms with Crippen LogP contribution in [-0.2, 0) is 38.4 Å². The van der Waals surface area contributed by atoms with Crippen LogP contribution in [0.15, 0.2) is 0 Å². The Hall–Kier alpha value is -4.40. The molecule has 0 aliphatic carbocycles. The van der Waals surface area contributed by atoms with Crippen molar-refractivity contribution in [1.29, 1.82) is 0 Å². The number of aliphatic carboxylic acids is 8. The van der Waals surface area contributed by atoms with Crippen LogP contribution in [0.25, 0.3) is 0 Å². The first-order chi connectivity index (χ1) is 17.6. The van der Waals surface area contributed by atoms with Crippen LogP contribution in [0.2, 0.25) is 0 Å². The molecule has 0 aliphatic heterocycles. The first-order valence-electron chi connectivity index (χ1n) is 10.5. The maximum atomic E-state index is 9.99. The van der Waals surface area contributed by atoms with Gasteiger partial charge in [-0.3, -0.25) is 38.4 Å². The first-order valence-corrected chi connectivity index (χ1v) is 10.5. The zero-order chi connectivity index (χ0) is 31.9. The molecule has 16 N–H and O–H groups in total. The Balaban J connectivity index is -0.000000210. The average Bonchev–Trinajstić information content (AvgIpc) is 2.79. The van der Waals surface area contributed by atoms with Crippen LogP contribution in [-0.4, -0.2) is 113 Å². The van der Waals surface area contributed by atoms with Crippen LogP contribution in [0.3, 0.4) is 0 Å². The van der Waals surface area contributed by atoms with E-state index >= 15 is 0 Å². The summed E-state index contributed by atoms with van der Waals surface area (Å²) in [4.78, 5) is 79.2. The number of rotatable bonds is 15. The molecule has 226 valence electrons. The van der Waals surface area contributed by atoms with E-state index in [1.807, 2.05) is 0 Å². The summed E-state index contributed by atoms with van der Waals surface area (Å²) in [5.41, 5.74) is 19.8. The minimum Gasteiger partial charge on any atom is -0.481 e. The van der Waals surface area contributed by atoms with Crippen LogP contribution >= 0.6 is 0 Å². The molecule has 0 rings (SSSR count). The third-order valence-electron chi connectivity index (χ3n) is 3.67. The summed E-state index contributed by atoms with van der Waals surface area (Å²) < 4.78 is 0. The van der Waals surface area contributed by atoms with Crippen LogP contribution in [0, 0.1) is 0 Å². The Morgan fingerprint density at radius 1 is 0.385 bits per heavy atom. The van der Waals surface area contributed by atoms with Crippen molar-refractivity contribution in [2.75, 3.05) is 0 Å². The van der Waals surface area contributed by atoms with Crippen molar-refractivity contribution >= 4 is 47.8 Å². The smallest absolute Gasteiger partial charge is 0.321 e. The van der Waals surface area contributed by atoms with Crippen molar-refractivity contribution in [1.82, 2.24) is 0 Å². The number of hydrogen-bond donors (Lipinski definition) is 12. The third-order valence-corrected chi connectivity index (χ3v) is 3.67. The number of carboxylic acids is 8. The molecule has 0 fully saturated rings. The van der Waals surface area contributed by atoms with Crippen LogP contribution in [0.4, 0.5) is 0 Å². The molecule has 0 aromatic carbocycles. The van der Waals surface area contributed by atoms with Crippen molar-refractivity contribution in [3.05, 3.63) is 0 Å². The summed E-state index contributed by atoms with van der Waals surface area (Å²) >= 11 is 0. The monoisotopic (exact) mass is 574 g/mol. The Morgan fingerprint density at radius 3 is 0.692 bits per heavy atom. The fourth-order valence-electron chi connectivity index (χ4n) is 1.48. The second-order valence-corrected chi connectivity index (χ2v) is 7.17. The third kappa shape index (κ3) is 35.8. The van der Waals surface area contributed by atoms with Crippen LogP contribution in [0.5, 0.6) is 0 Å². The SMILES string of the molecule is NC(CC(=O)O)C(=O)O.NC(CCC(=O)O)C(=O)O.NC(CCC(=O)O)C(=O)O.NC(CCC(=O)O)C(=O)O. The van der Waals surface area contributed by atoms with Gasteiger partial charge in [0, 0.05) is 19.3 Å². The molecule has 20 nitrogen and oxygen atoms in total. The second-order valence-electron chi connectivity index (χ2n) is 7.17. The van der Waals surface area contributed by atoms with E-state index in [9.17, 15) is 38.4 Å². The van der Waals surface area contributed by atoms with Gasteiger partial charge in [-0.2, -0.15) is 0 Å². The molecule has 0 saturated heterocycles. The van der Waals surface area contributed by atoms with Crippen LogP contribution < -0.4 is 22.9 Å². The normalized spacial score (nSPS) is 12.5. The molecule has 0 aromatic rings. The molecular formula is C19H34N4O16. The highest BCUT2D eigenvalue weighted by molar-refractivity contribution is 5.80. The van der Waals surface area contributed by atoms with E-state index in [4.69, 9.17) is 63.8 Å². The molecule has 0 amide bonds. The van der Waals surface area contributed by atoms with E-state index in [-0.39, 0.29) is 38.5 Å². The summed E-state index contributed by atoms with van der Waals surface area (Å²) in [6, 6.07) is -4.47. The summed E-state index contributed by atoms with van der Waals surface area (Å²) in [5.74, 6) is -9.09. The van der Waals surface area contributed by atoms with E-state index in [0.29, 0.717) is 0 Å². The van der Waals surface area contributed by atoms with Gasteiger partial charge >= 0.3 is 47.8 Å². The zero-order valence-corrected chi connectivity index (χ0v) is 20.4. The summed E-state index contributed by atoms with van der Waals surface area (Å²) in [6.07, 6.45) is -1.20. The molecule has 20 heteroatoms. The van der Waals surface area contributed by atoms with Gasteiger partial charge in [0.25, 0.3) is 0 Å². The molecule has 0 bridgehead atoms. The standard InChI is InChI=1S/3C5H9NO4.C4H7NO4/c3*6-3(5(9)10)1-2-4(7)8;5-2(4(8)9)1-3(6)7/h3*3H,1-2,6H2,(H,7,8)(H,9,10);2H,1,5H2,(H,6,7)(H,8,9). The molecular weight excluding hydrogens is 540 g/mol. The van der Waals surface area contributed by atoms with E-state index in [2.05, 4.69) is 0 Å². The second kappa shape index (κ2) is 24.0. The van der Waals surface area contributed by atoms with Crippen LogP contribution in [0.1, 0.15) is 44.9 Å². The highest BCUT2D eigenvalue weighted by Crippen LogP contribution is 1.95. The lowest BCUT2D eigenvalue weighted by Gasteiger charge is -2.01. The molecule has 4 atom stereocenters. The highest BCUT2D eigenvalue weighted by Gasteiger charge is 2.15. The van der Waals surface area contributed by atoms with Crippen molar-refractivity contribution in [2.24, 2.45) is 22.9 Å². The Morgan fingerprint density at radius 2 is 0.590 bits per heavy atom. The molecule has 0 aromatic heterocycles. The van der Waals surface area contributed by atoms with E-state index in [0.717, 1.165) is 0 Å². The van der Waals surface area contributed by atoms with Crippen molar-refractivity contribution in [3.8, 4) is 0 Å². The Kier molecular flexibility index (Phi) is 25.6. The van der Waals surface area contributed by atoms with Gasteiger partial charge in [-0.05, 0) is 19.3 Å². The number of hydrogen-bond acceptors (Lipinski definition) is 12. The van der Waals surface area contributed by atoms with Crippen molar-refractivity contribution in [3.63, 3.8) is 0 Å². The van der Waals surface area contributed by atoms with Gasteiger partial charge in [0.05, 0.1) is 6.42 Å². The minimum atomic E-state index is -1.29. The van der Waals surface area contributed by atoms with Gasteiger partial charge in [0.15, 0.2) is 0 Å². The van der Waals surface area contributed by atoms with Gasteiger partial charge in [-0.25, -0.2) is 0 Å². The molecule has 0 radical (unpaired) electrons. The summed E-state index contributed by atoms with van der Waals surface area (Å²) in [6.45, 7) is 0.